The smallest absolute Gasteiger partial charge is 0.325 e. The van der Waals surface area contributed by atoms with Crippen molar-refractivity contribution in [2.75, 3.05) is 6.61 Å². The van der Waals surface area contributed by atoms with Crippen molar-refractivity contribution in [3.63, 3.8) is 0 Å². The number of halogens is 1. The third kappa shape index (κ3) is 2.77. The summed E-state index contributed by atoms with van der Waals surface area (Å²) in [6.45, 7) is 1.79. The lowest BCUT2D eigenvalue weighted by Gasteiger charge is -2.17. The summed E-state index contributed by atoms with van der Waals surface area (Å²) in [7, 11) is 0. The molecule has 2 atom stereocenters. The lowest BCUT2D eigenvalue weighted by molar-refractivity contribution is -0.147. The Morgan fingerprint density at radius 3 is 2.75 bits per heavy atom. The monoisotopic (exact) mass is 227 g/mol. The Morgan fingerprint density at radius 2 is 2.19 bits per heavy atom. The van der Waals surface area contributed by atoms with Gasteiger partial charge in [-0.25, -0.2) is 4.39 Å². The zero-order valence-electron chi connectivity index (χ0n) is 8.89. The van der Waals surface area contributed by atoms with Gasteiger partial charge in [0.25, 0.3) is 0 Å². The Balaban J connectivity index is 2.82. The number of nitrogens with two attached hydrogens (primary N) is 1. The molecule has 0 aliphatic carbocycles. The van der Waals surface area contributed by atoms with Gasteiger partial charge in [-0.2, -0.15) is 0 Å². The lowest BCUT2D eigenvalue weighted by Crippen LogP contribution is -2.38. The number of hydrogen-bond donors (Lipinski definition) is 2. The fraction of sp³-hybridized carbons (Fsp3) is 0.364. The third-order valence-electron chi connectivity index (χ3n) is 2.12. The summed E-state index contributed by atoms with van der Waals surface area (Å²) in [6, 6.07) is 4.33. The van der Waals surface area contributed by atoms with Crippen LogP contribution in [-0.2, 0) is 9.53 Å². The molecule has 0 fully saturated rings. The van der Waals surface area contributed by atoms with E-state index in [1.807, 2.05) is 0 Å². The minimum atomic E-state index is -1.40. The van der Waals surface area contributed by atoms with Crippen LogP contribution in [0.3, 0.4) is 0 Å². The predicted octanol–water partition coefficient (Wildman–Crippen LogP) is 0.749. The van der Waals surface area contributed by atoms with Crippen molar-refractivity contribution in [3.05, 3.63) is 35.6 Å². The molecule has 3 N–H and O–H groups in total. The average Bonchev–Trinajstić information content (AvgIpc) is 2.28. The van der Waals surface area contributed by atoms with Gasteiger partial charge in [-0.3, -0.25) is 4.79 Å². The Morgan fingerprint density at radius 1 is 1.56 bits per heavy atom. The largest absolute Gasteiger partial charge is 0.465 e. The number of rotatable bonds is 4. The molecule has 1 rings (SSSR count). The second kappa shape index (κ2) is 5.58. The Hall–Kier alpha value is -1.46. The van der Waals surface area contributed by atoms with E-state index in [2.05, 4.69) is 4.74 Å². The van der Waals surface area contributed by atoms with Gasteiger partial charge in [-0.15, -0.1) is 0 Å². The van der Waals surface area contributed by atoms with Crippen molar-refractivity contribution in [1.82, 2.24) is 0 Å². The van der Waals surface area contributed by atoms with E-state index in [0.717, 1.165) is 0 Å². The summed E-state index contributed by atoms with van der Waals surface area (Å²) in [5, 5.41) is 9.70. The molecule has 1 aromatic carbocycles. The highest BCUT2D eigenvalue weighted by atomic mass is 19.1. The maximum absolute atomic E-state index is 13.3. The van der Waals surface area contributed by atoms with Gasteiger partial charge in [0.1, 0.15) is 18.0 Å². The number of aliphatic hydroxyl groups excluding tert-OH is 1. The summed E-state index contributed by atoms with van der Waals surface area (Å²) < 4.78 is 17.9. The van der Waals surface area contributed by atoms with Crippen LogP contribution in [0.5, 0.6) is 0 Å². The summed E-state index contributed by atoms with van der Waals surface area (Å²) in [6.07, 6.45) is -1.40. The number of hydrogen-bond acceptors (Lipinski definition) is 4. The van der Waals surface area contributed by atoms with Gasteiger partial charge >= 0.3 is 5.97 Å². The predicted molar refractivity (Wildman–Crippen MR) is 56.0 cm³/mol. The normalized spacial score (nSPS) is 14.2. The van der Waals surface area contributed by atoms with Crippen molar-refractivity contribution in [3.8, 4) is 0 Å². The molecule has 0 heterocycles. The second-order valence-corrected chi connectivity index (χ2v) is 3.24. The third-order valence-corrected chi connectivity index (χ3v) is 2.12. The second-order valence-electron chi connectivity index (χ2n) is 3.24. The molecule has 2 unspecified atom stereocenters. The molecule has 0 saturated carbocycles. The Labute approximate surface area is 92.8 Å². The van der Waals surface area contributed by atoms with E-state index in [1.165, 1.54) is 18.2 Å². The van der Waals surface area contributed by atoms with E-state index in [9.17, 15) is 14.3 Å². The minimum absolute atomic E-state index is 0.0111. The fourth-order valence-corrected chi connectivity index (χ4v) is 1.28. The number of carbonyl (C=O) groups excluding carboxylic acids is 1. The zero-order chi connectivity index (χ0) is 12.1. The van der Waals surface area contributed by atoms with E-state index >= 15 is 0 Å². The van der Waals surface area contributed by atoms with Crippen LogP contribution >= 0.6 is 0 Å². The van der Waals surface area contributed by atoms with Crippen LogP contribution in [0.2, 0.25) is 0 Å². The molecule has 0 saturated heterocycles. The molecule has 88 valence electrons. The van der Waals surface area contributed by atoms with Crippen LogP contribution in [0.25, 0.3) is 0 Å². The van der Waals surface area contributed by atoms with Gasteiger partial charge in [-0.05, 0) is 13.0 Å². The Bertz CT molecular complexity index is 370. The van der Waals surface area contributed by atoms with E-state index in [4.69, 9.17) is 5.73 Å². The molecule has 4 nitrogen and oxygen atoms in total. The molecule has 0 aliphatic heterocycles. The maximum Gasteiger partial charge on any atom is 0.325 e. The van der Waals surface area contributed by atoms with E-state index in [-0.39, 0.29) is 12.2 Å². The van der Waals surface area contributed by atoms with Gasteiger partial charge in [-0.1, -0.05) is 18.2 Å². The van der Waals surface area contributed by atoms with Crippen molar-refractivity contribution in [2.45, 2.75) is 19.1 Å². The number of benzene rings is 1. The molecule has 16 heavy (non-hydrogen) atoms. The van der Waals surface area contributed by atoms with Crippen LogP contribution in [0.4, 0.5) is 4.39 Å². The van der Waals surface area contributed by atoms with Crippen molar-refractivity contribution in [2.24, 2.45) is 5.73 Å². The van der Waals surface area contributed by atoms with Crippen molar-refractivity contribution < 1.29 is 19.0 Å². The first-order chi connectivity index (χ1) is 7.57. The SMILES string of the molecule is CCOC(=O)C(N)C(O)c1ccccc1F. The maximum atomic E-state index is 13.3. The van der Waals surface area contributed by atoms with Crippen molar-refractivity contribution >= 4 is 5.97 Å². The molecule has 0 bridgehead atoms. The van der Waals surface area contributed by atoms with Crippen LogP contribution in [0.1, 0.15) is 18.6 Å². The summed E-state index contributed by atoms with van der Waals surface area (Å²) in [5.41, 5.74) is 5.45. The summed E-state index contributed by atoms with van der Waals surface area (Å²) in [5.74, 6) is -1.35. The number of aliphatic hydroxyl groups is 1. The number of esters is 1. The molecule has 5 heteroatoms. The molecule has 0 aliphatic rings. The van der Waals surface area contributed by atoms with Gasteiger partial charge in [0.15, 0.2) is 0 Å². The van der Waals surface area contributed by atoms with E-state index in [1.54, 1.807) is 13.0 Å². The molecule has 0 amide bonds. The highest BCUT2D eigenvalue weighted by Gasteiger charge is 2.27. The molecule has 0 spiro atoms. The average molecular weight is 227 g/mol. The zero-order valence-corrected chi connectivity index (χ0v) is 8.89. The number of carbonyl (C=O) groups is 1. The topological polar surface area (TPSA) is 72.5 Å². The van der Waals surface area contributed by atoms with Gasteiger partial charge in [0, 0.05) is 5.56 Å². The summed E-state index contributed by atoms with van der Waals surface area (Å²) >= 11 is 0. The van der Waals surface area contributed by atoms with Gasteiger partial charge in [0.05, 0.1) is 6.61 Å². The molecular weight excluding hydrogens is 213 g/mol. The Kier molecular flexibility index (Phi) is 4.39. The van der Waals surface area contributed by atoms with Crippen LogP contribution in [0, 0.1) is 5.82 Å². The lowest BCUT2D eigenvalue weighted by atomic mass is 10.0. The first-order valence-corrected chi connectivity index (χ1v) is 4.92. The van der Waals surface area contributed by atoms with Gasteiger partial charge in [0.2, 0.25) is 0 Å². The molecular formula is C11H14FNO3. The molecule has 0 radical (unpaired) electrons. The van der Waals surface area contributed by atoms with Gasteiger partial charge < -0.3 is 15.6 Å². The standard InChI is InChI=1S/C11H14FNO3/c1-2-16-11(15)9(13)10(14)7-5-3-4-6-8(7)12/h3-6,9-10,14H,2,13H2,1H3. The van der Waals surface area contributed by atoms with Crippen LogP contribution in [-0.4, -0.2) is 23.7 Å². The first-order valence-electron chi connectivity index (χ1n) is 4.92. The van der Waals surface area contributed by atoms with Crippen LogP contribution < -0.4 is 5.73 Å². The van der Waals surface area contributed by atoms with Crippen LogP contribution in [0.15, 0.2) is 24.3 Å². The first kappa shape index (κ1) is 12.6. The highest BCUT2D eigenvalue weighted by molar-refractivity contribution is 5.76. The van der Waals surface area contributed by atoms with Crippen molar-refractivity contribution in [1.29, 1.82) is 0 Å². The fourth-order valence-electron chi connectivity index (χ4n) is 1.28. The van der Waals surface area contributed by atoms with E-state index in [0.29, 0.717) is 0 Å². The molecule has 1 aromatic rings. The minimum Gasteiger partial charge on any atom is -0.465 e. The molecule has 0 aromatic heterocycles. The van der Waals surface area contributed by atoms with E-state index < -0.39 is 23.9 Å². The highest BCUT2D eigenvalue weighted by Crippen LogP contribution is 2.19. The number of ether oxygens (including phenoxy) is 1. The quantitative estimate of drug-likeness (QED) is 0.744. The summed E-state index contributed by atoms with van der Waals surface area (Å²) in [4.78, 5) is 11.2.